The number of hydrogen-bond donors (Lipinski definition) is 0. The molecule has 0 N–H and O–H groups in total. The van der Waals surface area contributed by atoms with Crippen LogP contribution in [0.25, 0.3) is 0 Å². The van der Waals surface area contributed by atoms with E-state index in [4.69, 9.17) is 9.47 Å². The Morgan fingerprint density at radius 3 is 1.36 bits per heavy atom. The minimum Gasteiger partial charge on any atom is -0.462 e. The van der Waals surface area contributed by atoms with Crippen LogP contribution in [-0.2, 0) is 19.1 Å². The lowest BCUT2D eigenvalue weighted by molar-refractivity contribution is -0.142. The first-order chi connectivity index (χ1) is 12.1. The zero-order valence-electron chi connectivity index (χ0n) is 16.8. The fourth-order valence-corrected chi connectivity index (χ4v) is 2.45. The van der Waals surface area contributed by atoms with Crippen LogP contribution in [0.4, 0.5) is 0 Å². The molecule has 0 heterocycles. The lowest BCUT2D eigenvalue weighted by Crippen LogP contribution is -2.18. The molecular weight excluding hydrogens is 316 g/mol. The Hall–Kier alpha value is -1.32. The first-order valence-corrected chi connectivity index (χ1v) is 10.2. The van der Waals surface area contributed by atoms with Gasteiger partial charge in [-0.25, -0.2) is 9.59 Å². The molecular formula is C21H38O4. The molecule has 146 valence electrons. The van der Waals surface area contributed by atoms with Crippen LogP contribution in [0, 0.1) is 0 Å². The first kappa shape index (κ1) is 23.7. The summed E-state index contributed by atoms with van der Waals surface area (Å²) in [6.07, 6.45) is 9.68. The van der Waals surface area contributed by atoms with Crippen molar-refractivity contribution in [1.82, 2.24) is 0 Å². The summed E-state index contributed by atoms with van der Waals surface area (Å²) in [5.41, 5.74) is 1.08. The second kappa shape index (κ2) is 16.2. The van der Waals surface area contributed by atoms with E-state index in [0.717, 1.165) is 57.8 Å². The highest BCUT2D eigenvalue weighted by Crippen LogP contribution is 2.22. The van der Waals surface area contributed by atoms with Gasteiger partial charge in [0.1, 0.15) is 0 Å². The predicted octanol–water partition coefficient (Wildman–Crippen LogP) is 5.74. The highest BCUT2D eigenvalue weighted by Gasteiger charge is 2.22. The van der Waals surface area contributed by atoms with E-state index in [1.54, 1.807) is 0 Å². The molecule has 0 saturated carbocycles. The average molecular weight is 355 g/mol. The summed E-state index contributed by atoms with van der Waals surface area (Å²) < 4.78 is 10.8. The first-order valence-electron chi connectivity index (χ1n) is 10.2. The highest BCUT2D eigenvalue weighted by atomic mass is 16.5. The Kier molecular flexibility index (Phi) is 15.3. The fraction of sp³-hybridized carbons (Fsp3) is 0.810. The Morgan fingerprint density at radius 2 is 0.960 bits per heavy atom. The standard InChI is InChI=1S/C21H38O4/c1-5-9-13-15-19(21(23)25-17-12-8-4)18(14-10-6-2)20(22)24-16-11-7-3/h5-17H2,1-4H3/b19-18-. The maximum Gasteiger partial charge on any atom is 0.334 e. The van der Waals surface area contributed by atoms with Crippen LogP contribution in [0.1, 0.15) is 98.3 Å². The molecule has 0 rings (SSSR count). The second-order valence-electron chi connectivity index (χ2n) is 6.50. The largest absolute Gasteiger partial charge is 0.462 e. The van der Waals surface area contributed by atoms with Crippen molar-refractivity contribution in [2.24, 2.45) is 0 Å². The van der Waals surface area contributed by atoms with E-state index in [1.165, 1.54) is 0 Å². The van der Waals surface area contributed by atoms with Crippen LogP contribution in [0.15, 0.2) is 11.1 Å². The lowest BCUT2D eigenvalue weighted by atomic mass is 9.97. The summed E-state index contributed by atoms with van der Waals surface area (Å²) in [6, 6.07) is 0. The Bertz CT molecular complexity index is 399. The average Bonchev–Trinajstić information content (AvgIpc) is 2.60. The fourth-order valence-electron chi connectivity index (χ4n) is 2.45. The molecule has 0 amide bonds. The van der Waals surface area contributed by atoms with Crippen molar-refractivity contribution in [3.63, 3.8) is 0 Å². The van der Waals surface area contributed by atoms with E-state index in [2.05, 4.69) is 27.7 Å². The van der Waals surface area contributed by atoms with E-state index in [0.29, 0.717) is 37.2 Å². The van der Waals surface area contributed by atoms with Crippen molar-refractivity contribution < 1.29 is 19.1 Å². The molecule has 0 aromatic rings. The van der Waals surface area contributed by atoms with Crippen LogP contribution >= 0.6 is 0 Å². The quantitative estimate of drug-likeness (QED) is 0.214. The van der Waals surface area contributed by atoms with Gasteiger partial charge >= 0.3 is 11.9 Å². The predicted molar refractivity (Wildman–Crippen MR) is 102 cm³/mol. The molecule has 4 heteroatoms. The van der Waals surface area contributed by atoms with Crippen molar-refractivity contribution >= 4 is 11.9 Å². The third-order valence-corrected chi connectivity index (χ3v) is 4.13. The van der Waals surface area contributed by atoms with Gasteiger partial charge in [-0.15, -0.1) is 0 Å². The highest BCUT2D eigenvalue weighted by molar-refractivity contribution is 6.00. The Morgan fingerprint density at radius 1 is 0.560 bits per heavy atom. The van der Waals surface area contributed by atoms with Gasteiger partial charge in [-0.3, -0.25) is 0 Å². The third kappa shape index (κ3) is 11.0. The van der Waals surface area contributed by atoms with Crippen molar-refractivity contribution in [2.75, 3.05) is 13.2 Å². The topological polar surface area (TPSA) is 52.6 Å². The van der Waals surface area contributed by atoms with Crippen molar-refractivity contribution in [2.45, 2.75) is 98.3 Å². The molecule has 0 aromatic carbocycles. The van der Waals surface area contributed by atoms with Gasteiger partial charge in [0, 0.05) is 11.1 Å². The number of ether oxygens (including phenoxy) is 2. The molecule has 0 aliphatic heterocycles. The Balaban J connectivity index is 5.28. The monoisotopic (exact) mass is 354 g/mol. The van der Waals surface area contributed by atoms with E-state index >= 15 is 0 Å². The van der Waals surface area contributed by atoms with Crippen molar-refractivity contribution in [3.05, 3.63) is 11.1 Å². The van der Waals surface area contributed by atoms with Gasteiger partial charge in [0.05, 0.1) is 13.2 Å². The molecule has 0 unspecified atom stereocenters. The molecule has 0 atom stereocenters. The van der Waals surface area contributed by atoms with Gasteiger partial charge in [0.2, 0.25) is 0 Å². The minimum absolute atomic E-state index is 0.330. The summed E-state index contributed by atoms with van der Waals surface area (Å²) in [6.45, 7) is 9.15. The molecule has 0 spiro atoms. The van der Waals surface area contributed by atoms with E-state index in [9.17, 15) is 9.59 Å². The normalized spacial score (nSPS) is 11.8. The van der Waals surface area contributed by atoms with Gasteiger partial charge in [-0.05, 0) is 38.5 Å². The summed E-state index contributed by atoms with van der Waals surface area (Å²) in [5.74, 6) is -0.663. The van der Waals surface area contributed by atoms with Crippen LogP contribution < -0.4 is 0 Å². The summed E-state index contributed by atoms with van der Waals surface area (Å²) in [4.78, 5) is 25.1. The minimum atomic E-state index is -0.333. The number of unbranched alkanes of at least 4 members (excludes halogenated alkanes) is 5. The zero-order chi connectivity index (χ0) is 18.9. The molecule has 25 heavy (non-hydrogen) atoms. The number of hydrogen-bond acceptors (Lipinski definition) is 4. The van der Waals surface area contributed by atoms with E-state index < -0.39 is 0 Å². The molecule has 0 fully saturated rings. The SMILES string of the molecule is CCCCC/C(C(=O)OCCCC)=C(\CCCC)C(=O)OCCCC. The summed E-state index contributed by atoms with van der Waals surface area (Å²) >= 11 is 0. The van der Waals surface area contributed by atoms with Crippen molar-refractivity contribution in [1.29, 1.82) is 0 Å². The molecule has 0 aliphatic rings. The zero-order valence-corrected chi connectivity index (χ0v) is 16.8. The Labute approximate surface area is 154 Å². The summed E-state index contributed by atoms with van der Waals surface area (Å²) in [5, 5.41) is 0. The maximum absolute atomic E-state index is 12.6. The van der Waals surface area contributed by atoms with E-state index in [-0.39, 0.29) is 11.9 Å². The van der Waals surface area contributed by atoms with Gasteiger partial charge in [0.25, 0.3) is 0 Å². The van der Waals surface area contributed by atoms with Gasteiger partial charge in [0.15, 0.2) is 0 Å². The molecule has 0 radical (unpaired) electrons. The second-order valence-corrected chi connectivity index (χ2v) is 6.50. The van der Waals surface area contributed by atoms with Crippen LogP contribution in [0.3, 0.4) is 0 Å². The number of carbonyl (C=O) groups is 2. The number of rotatable bonds is 15. The maximum atomic E-state index is 12.6. The molecule has 0 aliphatic carbocycles. The van der Waals surface area contributed by atoms with Gasteiger partial charge < -0.3 is 9.47 Å². The van der Waals surface area contributed by atoms with Gasteiger partial charge in [-0.2, -0.15) is 0 Å². The van der Waals surface area contributed by atoms with Crippen LogP contribution in [0.5, 0.6) is 0 Å². The van der Waals surface area contributed by atoms with Gasteiger partial charge in [-0.1, -0.05) is 59.8 Å². The van der Waals surface area contributed by atoms with Crippen LogP contribution in [0.2, 0.25) is 0 Å². The molecule has 4 nitrogen and oxygen atoms in total. The lowest BCUT2D eigenvalue weighted by Gasteiger charge is -2.15. The molecule has 0 saturated heterocycles. The van der Waals surface area contributed by atoms with E-state index in [1.807, 2.05) is 0 Å². The summed E-state index contributed by atoms with van der Waals surface area (Å²) in [7, 11) is 0. The van der Waals surface area contributed by atoms with Crippen LogP contribution in [-0.4, -0.2) is 25.2 Å². The third-order valence-electron chi connectivity index (χ3n) is 4.13. The number of esters is 2. The van der Waals surface area contributed by atoms with Crippen molar-refractivity contribution in [3.8, 4) is 0 Å². The number of carbonyl (C=O) groups excluding carboxylic acids is 2. The molecule has 0 bridgehead atoms. The smallest absolute Gasteiger partial charge is 0.334 e. The molecule has 0 aromatic heterocycles.